The lowest BCUT2D eigenvalue weighted by atomic mass is 9.83. The Morgan fingerprint density at radius 2 is 1.80 bits per heavy atom. The van der Waals surface area contributed by atoms with Crippen LogP contribution in [0.3, 0.4) is 0 Å². The molecule has 0 heterocycles. The largest absolute Gasteiger partial charge is 0.295 e. The van der Waals surface area contributed by atoms with Crippen molar-refractivity contribution in [1.29, 1.82) is 0 Å². The van der Waals surface area contributed by atoms with E-state index in [2.05, 4.69) is 26.8 Å². The normalized spacial score (nSPS) is 12.0. The van der Waals surface area contributed by atoms with Crippen molar-refractivity contribution >= 4 is 11.9 Å². The van der Waals surface area contributed by atoms with E-state index >= 15 is 0 Å². The predicted octanol–water partition coefficient (Wildman–Crippen LogP) is 3.59. The number of hydrogen-bond acceptors (Lipinski definition) is 1. The lowest BCUT2D eigenvalue weighted by Gasteiger charge is -2.21. The maximum atomic E-state index is 10.9. The molecule has 0 unspecified atom stereocenters. The molecule has 0 radical (unpaired) electrons. The van der Waals surface area contributed by atoms with Gasteiger partial charge in [0.1, 0.15) is 0 Å². The van der Waals surface area contributed by atoms with Gasteiger partial charge in [-0.1, -0.05) is 51.1 Å². The smallest absolute Gasteiger partial charge is 0.152 e. The molecule has 1 aromatic rings. The van der Waals surface area contributed by atoms with Gasteiger partial charge in [-0.3, -0.25) is 4.79 Å². The molecule has 80 valence electrons. The van der Waals surface area contributed by atoms with E-state index < -0.39 is 0 Å². The number of benzene rings is 1. The van der Waals surface area contributed by atoms with Gasteiger partial charge in [-0.15, -0.1) is 0 Å². The Kier molecular flexibility index (Phi) is 3.46. The molecule has 0 fully saturated rings. The summed E-state index contributed by atoms with van der Waals surface area (Å²) in [7, 11) is 0. The van der Waals surface area contributed by atoms with Crippen LogP contribution in [-0.4, -0.2) is 5.78 Å². The Labute approximate surface area is 91.8 Å². The van der Waals surface area contributed by atoms with Crippen LogP contribution in [0.25, 0.3) is 6.08 Å². The fraction of sp³-hybridized carbons (Fsp3) is 0.357. The molecule has 0 aliphatic carbocycles. The van der Waals surface area contributed by atoms with Crippen LogP contribution in [0.5, 0.6) is 0 Å². The van der Waals surface area contributed by atoms with Crippen molar-refractivity contribution in [1.82, 2.24) is 0 Å². The third-order valence-corrected chi connectivity index (χ3v) is 2.27. The maximum absolute atomic E-state index is 10.9. The molecule has 1 nitrogen and oxygen atoms in total. The van der Waals surface area contributed by atoms with Gasteiger partial charge in [-0.05, 0) is 29.5 Å². The summed E-state index contributed by atoms with van der Waals surface area (Å²) >= 11 is 0. The number of ketones is 1. The van der Waals surface area contributed by atoms with Gasteiger partial charge in [0.2, 0.25) is 0 Å². The summed E-state index contributed by atoms with van der Waals surface area (Å²) in [5, 5.41) is 0. The van der Waals surface area contributed by atoms with Gasteiger partial charge in [0.15, 0.2) is 5.78 Å². The van der Waals surface area contributed by atoms with Gasteiger partial charge in [0, 0.05) is 0 Å². The summed E-state index contributed by atoms with van der Waals surface area (Å²) < 4.78 is 0. The van der Waals surface area contributed by atoms with Crippen LogP contribution in [0.15, 0.2) is 30.3 Å². The van der Waals surface area contributed by atoms with Crippen molar-refractivity contribution in [2.45, 2.75) is 33.1 Å². The first-order chi connectivity index (χ1) is 6.91. The molecular formula is C14H18O. The average molecular weight is 202 g/mol. The molecule has 0 saturated carbocycles. The van der Waals surface area contributed by atoms with Gasteiger partial charge in [-0.2, -0.15) is 0 Å². The van der Waals surface area contributed by atoms with E-state index in [0.29, 0.717) is 0 Å². The monoisotopic (exact) mass is 202 g/mol. The van der Waals surface area contributed by atoms with Gasteiger partial charge < -0.3 is 0 Å². The second-order valence-electron chi connectivity index (χ2n) is 4.78. The number of hydrogen-bond donors (Lipinski definition) is 0. The van der Waals surface area contributed by atoms with Gasteiger partial charge >= 0.3 is 0 Å². The van der Waals surface area contributed by atoms with Crippen molar-refractivity contribution in [2.75, 3.05) is 0 Å². The number of carbonyl (C=O) groups excluding carboxylic acids is 1. The van der Waals surface area contributed by atoms with E-state index in [9.17, 15) is 4.79 Å². The zero-order chi connectivity index (χ0) is 11.5. The fourth-order valence-electron chi connectivity index (χ4n) is 1.53. The van der Waals surface area contributed by atoms with Crippen molar-refractivity contribution in [3.05, 3.63) is 41.5 Å². The highest BCUT2D eigenvalue weighted by atomic mass is 16.1. The highest BCUT2D eigenvalue weighted by Gasteiger charge is 2.15. The molecule has 0 aromatic heterocycles. The maximum Gasteiger partial charge on any atom is 0.152 e. The highest BCUT2D eigenvalue weighted by molar-refractivity contribution is 5.91. The first-order valence-corrected chi connectivity index (χ1v) is 5.19. The molecule has 0 saturated heterocycles. The van der Waals surface area contributed by atoms with Gasteiger partial charge in [-0.25, -0.2) is 0 Å². The molecule has 0 bridgehead atoms. The minimum atomic E-state index is 0.0821. The Morgan fingerprint density at radius 1 is 1.20 bits per heavy atom. The SMILES string of the molecule is CC(=O)/C=C/c1ccccc1C(C)(C)C. The molecule has 0 spiro atoms. The topological polar surface area (TPSA) is 17.1 Å². The second-order valence-corrected chi connectivity index (χ2v) is 4.78. The molecule has 1 heteroatoms. The Hall–Kier alpha value is -1.37. The van der Waals surface area contributed by atoms with Crippen LogP contribution in [0, 0.1) is 0 Å². The van der Waals surface area contributed by atoms with Crippen molar-refractivity contribution in [2.24, 2.45) is 0 Å². The zero-order valence-corrected chi connectivity index (χ0v) is 9.87. The summed E-state index contributed by atoms with van der Waals surface area (Å²) in [6, 6.07) is 8.18. The summed E-state index contributed by atoms with van der Waals surface area (Å²) in [6.07, 6.45) is 3.51. The molecule has 0 aliphatic rings. The summed E-state index contributed by atoms with van der Waals surface area (Å²) in [5.74, 6) is 0.0821. The van der Waals surface area contributed by atoms with E-state index in [4.69, 9.17) is 0 Å². The first kappa shape index (κ1) is 11.7. The molecule has 1 aromatic carbocycles. The van der Waals surface area contributed by atoms with Crippen molar-refractivity contribution < 1.29 is 4.79 Å². The molecular weight excluding hydrogens is 184 g/mol. The minimum Gasteiger partial charge on any atom is -0.295 e. The second kappa shape index (κ2) is 4.43. The quantitative estimate of drug-likeness (QED) is 0.670. The highest BCUT2D eigenvalue weighted by Crippen LogP contribution is 2.26. The van der Waals surface area contributed by atoms with Crippen LogP contribution >= 0.6 is 0 Å². The predicted molar refractivity (Wildman–Crippen MR) is 64.9 cm³/mol. The van der Waals surface area contributed by atoms with Crippen LogP contribution in [0.2, 0.25) is 0 Å². The van der Waals surface area contributed by atoms with E-state index in [1.807, 2.05) is 24.3 Å². The Balaban J connectivity index is 3.13. The van der Waals surface area contributed by atoms with Crippen LogP contribution < -0.4 is 0 Å². The van der Waals surface area contributed by atoms with Gasteiger partial charge in [0.25, 0.3) is 0 Å². The standard InChI is InChI=1S/C14H18O/c1-11(15)9-10-12-7-5-6-8-13(12)14(2,3)4/h5-10H,1-4H3/b10-9+. The van der Waals surface area contributed by atoms with Crippen molar-refractivity contribution in [3.8, 4) is 0 Å². The molecule has 1 rings (SSSR count). The van der Waals surface area contributed by atoms with Crippen LogP contribution in [0.4, 0.5) is 0 Å². The molecule has 0 aliphatic heterocycles. The zero-order valence-electron chi connectivity index (χ0n) is 9.87. The average Bonchev–Trinajstić information content (AvgIpc) is 2.13. The van der Waals surface area contributed by atoms with Crippen molar-refractivity contribution in [3.63, 3.8) is 0 Å². The molecule has 0 N–H and O–H groups in total. The molecule has 15 heavy (non-hydrogen) atoms. The number of carbonyl (C=O) groups is 1. The van der Waals surface area contributed by atoms with E-state index in [1.165, 1.54) is 5.56 Å². The molecule has 0 amide bonds. The Morgan fingerprint density at radius 3 is 2.33 bits per heavy atom. The third kappa shape index (κ3) is 3.35. The third-order valence-electron chi connectivity index (χ3n) is 2.27. The first-order valence-electron chi connectivity index (χ1n) is 5.19. The van der Waals surface area contributed by atoms with Gasteiger partial charge in [0.05, 0.1) is 0 Å². The minimum absolute atomic E-state index is 0.0821. The number of rotatable bonds is 2. The summed E-state index contributed by atoms with van der Waals surface area (Å²) in [4.78, 5) is 10.9. The Bertz CT molecular complexity index is 381. The summed E-state index contributed by atoms with van der Waals surface area (Å²) in [6.45, 7) is 8.09. The van der Waals surface area contributed by atoms with E-state index in [1.54, 1.807) is 13.0 Å². The van der Waals surface area contributed by atoms with E-state index in [0.717, 1.165) is 5.56 Å². The van der Waals surface area contributed by atoms with E-state index in [-0.39, 0.29) is 11.2 Å². The summed E-state index contributed by atoms with van der Waals surface area (Å²) in [5.41, 5.74) is 2.50. The van der Waals surface area contributed by atoms with Crippen LogP contribution in [-0.2, 0) is 10.2 Å². The lowest BCUT2D eigenvalue weighted by Crippen LogP contribution is -2.12. The number of allylic oxidation sites excluding steroid dienone is 1. The molecule has 0 atom stereocenters. The lowest BCUT2D eigenvalue weighted by molar-refractivity contribution is -0.112. The van der Waals surface area contributed by atoms with Crippen LogP contribution in [0.1, 0.15) is 38.8 Å². The fourth-order valence-corrected chi connectivity index (χ4v) is 1.53.